The molecular formula is C29H20N6O2. The molecular weight excluding hydrogens is 464 g/mol. The van der Waals surface area contributed by atoms with Gasteiger partial charge in [0.2, 0.25) is 0 Å². The number of primary amides is 1. The molecule has 0 aliphatic rings. The van der Waals surface area contributed by atoms with Crippen LogP contribution in [0.5, 0.6) is 0 Å². The summed E-state index contributed by atoms with van der Waals surface area (Å²) in [6.07, 6.45) is 3.48. The lowest BCUT2D eigenvalue weighted by molar-refractivity contribution is -0.112. The van der Waals surface area contributed by atoms with Crippen molar-refractivity contribution in [3.8, 4) is 29.0 Å². The molecule has 2 aromatic carbocycles. The Hall–Kier alpha value is -5.47. The minimum absolute atomic E-state index is 0.324. The zero-order valence-electron chi connectivity index (χ0n) is 19.6. The maximum absolute atomic E-state index is 13.0. The average molecular weight is 485 g/mol. The number of hydrogen-bond acceptors (Lipinski definition) is 6. The van der Waals surface area contributed by atoms with Crippen molar-refractivity contribution in [2.24, 2.45) is 5.73 Å². The molecule has 8 heteroatoms. The molecule has 178 valence electrons. The minimum Gasteiger partial charge on any atom is -0.364 e. The van der Waals surface area contributed by atoms with E-state index in [2.05, 4.69) is 33.2 Å². The molecule has 0 saturated heterocycles. The Bertz CT molecular complexity index is 1810. The number of anilines is 1. The van der Waals surface area contributed by atoms with E-state index in [-0.39, 0.29) is 5.56 Å². The Kier molecular flexibility index (Phi) is 6.31. The van der Waals surface area contributed by atoms with Crippen molar-refractivity contribution < 1.29 is 4.79 Å². The molecule has 3 heterocycles. The van der Waals surface area contributed by atoms with Gasteiger partial charge in [0.25, 0.3) is 11.5 Å². The number of benzene rings is 2. The molecule has 4 N–H and O–H groups in total. The van der Waals surface area contributed by atoms with E-state index < -0.39 is 5.91 Å². The third-order valence-corrected chi connectivity index (χ3v) is 5.89. The highest BCUT2D eigenvalue weighted by Gasteiger charge is 2.15. The van der Waals surface area contributed by atoms with Crippen LogP contribution in [0.3, 0.4) is 0 Å². The molecule has 8 nitrogen and oxygen atoms in total. The predicted octanol–water partition coefficient (Wildman–Crippen LogP) is 3.65. The van der Waals surface area contributed by atoms with E-state index in [1.807, 2.05) is 60.7 Å². The Balaban J connectivity index is 1.72. The van der Waals surface area contributed by atoms with Crippen LogP contribution in [0.25, 0.3) is 32.8 Å². The van der Waals surface area contributed by atoms with Gasteiger partial charge in [-0.25, -0.2) is 4.98 Å². The number of H-pyrrole nitrogens is 1. The monoisotopic (exact) mass is 484 g/mol. The normalized spacial score (nSPS) is 10.5. The molecule has 0 unspecified atom stereocenters. The zero-order valence-corrected chi connectivity index (χ0v) is 19.6. The summed E-state index contributed by atoms with van der Waals surface area (Å²) in [6.45, 7) is 0.419. The number of nitriles is 1. The minimum atomic E-state index is -0.782. The van der Waals surface area contributed by atoms with Gasteiger partial charge >= 0.3 is 0 Å². The van der Waals surface area contributed by atoms with Crippen molar-refractivity contribution in [1.29, 1.82) is 5.26 Å². The Morgan fingerprint density at radius 1 is 1.05 bits per heavy atom. The van der Waals surface area contributed by atoms with E-state index in [4.69, 9.17) is 16.0 Å². The van der Waals surface area contributed by atoms with Crippen LogP contribution >= 0.6 is 0 Å². The van der Waals surface area contributed by atoms with Crippen molar-refractivity contribution in [1.82, 2.24) is 15.0 Å². The van der Waals surface area contributed by atoms with Crippen LogP contribution in [0.4, 0.5) is 5.82 Å². The molecule has 0 bridgehead atoms. The Labute approximate surface area is 211 Å². The summed E-state index contributed by atoms with van der Waals surface area (Å²) in [5.41, 5.74) is 9.22. The van der Waals surface area contributed by atoms with Crippen LogP contribution in [-0.4, -0.2) is 20.9 Å². The van der Waals surface area contributed by atoms with E-state index in [9.17, 15) is 9.59 Å². The topological polar surface area (TPSA) is 138 Å². The lowest BCUT2D eigenvalue weighted by Gasteiger charge is -2.13. The van der Waals surface area contributed by atoms with Gasteiger partial charge in [0.1, 0.15) is 5.82 Å². The Morgan fingerprint density at radius 3 is 2.59 bits per heavy atom. The molecule has 5 aromatic rings. The van der Waals surface area contributed by atoms with E-state index in [1.54, 1.807) is 6.20 Å². The smallest absolute Gasteiger partial charge is 0.293 e. The molecule has 0 radical (unpaired) electrons. The van der Waals surface area contributed by atoms with Gasteiger partial charge in [-0.1, -0.05) is 48.4 Å². The molecule has 1 amide bonds. The highest BCUT2D eigenvalue weighted by atomic mass is 16.1. The molecule has 0 saturated carbocycles. The molecule has 37 heavy (non-hydrogen) atoms. The number of hydrogen-bond donors (Lipinski definition) is 3. The lowest BCUT2D eigenvalue weighted by atomic mass is 9.98. The highest BCUT2D eigenvalue weighted by Crippen LogP contribution is 2.33. The van der Waals surface area contributed by atoms with Gasteiger partial charge in [0.15, 0.2) is 0 Å². The molecule has 0 aliphatic carbocycles. The SMILES string of the molecule is N#CCc1ccc(-c2ccc3c(NCc4ccccn4)nc4c(C#CC(N)=O)c[nH]c(=O)c4c3c2)cc1. The summed E-state index contributed by atoms with van der Waals surface area (Å²) >= 11 is 0. The number of carbonyl (C=O) groups is 1. The molecule has 0 spiro atoms. The zero-order chi connectivity index (χ0) is 25.8. The first-order valence-corrected chi connectivity index (χ1v) is 11.4. The van der Waals surface area contributed by atoms with Crippen molar-refractivity contribution in [3.05, 3.63) is 100 Å². The van der Waals surface area contributed by atoms with Crippen LogP contribution in [0.1, 0.15) is 16.8 Å². The number of nitrogens with zero attached hydrogens (tertiary/aromatic N) is 3. The first kappa shape index (κ1) is 23.3. The number of aromatic nitrogens is 3. The number of fused-ring (bicyclic) bond motifs is 3. The molecule has 0 atom stereocenters. The second-order valence-electron chi connectivity index (χ2n) is 8.30. The van der Waals surface area contributed by atoms with Crippen LogP contribution in [0, 0.1) is 23.2 Å². The second kappa shape index (κ2) is 10.0. The van der Waals surface area contributed by atoms with Gasteiger partial charge in [-0.3, -0.25) is 14.6 Å². The fourth-order valence-electron chi connectivity index (χ4n) is 4.14. The third-order valence-electron chi connectivity index (χ3n) is 5.89. The number of rotatable bonds is 5. The van der Waals surface area contributed by atoms with Crippen LogP contribution in [0.15, 0.2) is 77.9 Å². The molecule has 0 aliphatic heterocycles. The van der Waals surface area contributed by atoms with Crippen molar-refractivity contribution in [3.63, 3.8) is 0 Å². The van der Waals surface area contributed by atoms with Crippen LogP contribution in [-0.2, 0) is 17.8 Å². The first-order valence-electron chi connectivity index (χ1n) is 11.4. The van der Waals surface area contributed by atoms with E-state index >= 15 is 0 Å². The summed E-state index contributed by atoms with van der Waals surface area (Å²) in [4.78, 5) is 36.1. The number of nitrogens with two attached hydrogens (primary N) is 1. The highest BCUT2D eigenvalue weighted by molar-refractivity contribution is 6.12. The fraction of sp³-hybridized carbons (Fsp3) is 0.0690. The van der Waals surface area contributed by atoms with Gasteiger partial charge in [-0.2, -0.15) is 5.26 Å². The quantitative estimate of drug-likeness (QED) is 0.257. The van der Waals surface area contributed by atoms with Gasteiger partial charge in [0.05, 0.1) is 41.2 Å². The van der Waals surface area contributed by atoms with Gasteiger partial charge in [0, 0.05) is 29.1 Å². The van der Waals surface area contributed by atoms with Gasteiger partial charge < -0.3 is 16.0 Å². The number of aromatic amines is 1. The number of amides is 1. The summed E-state index contributed by atoms with van der Waals surface area (Å²) in [5, 5.41) is 14.1. The van der Waals surface area contributed by atoms with E-state index in [0.717, 1.165) is 27.8 Å². The van der Waals surface area contributed by atoms with E-state index in [1.165, 1.54) is 6.20 Å². The third kappa shape index (κ3) is 4.86. The van der Waals surface area contributed by atoms with Crippen molar-refractivity contribution in [2.45, 2.75) is 13.0 Å². The molecule has 3 aromatic heterocycles. The Morgan fingerprint density at radius 2 is 1.86 bits per heavy atom. The van der Waals surface area contributed by atoms with E-state index in [0.29, 0.717) is 40.6 Å². The fourth-order valence-corrected chi connectivity index (χ4v) is 4.14. The largest absolute Gasteiger partial charge is 0.364 e. The maximum atomic E-state index is 13.0. The van der Waals surface area contributed by atoms with Crippen molar-refractivity contribution in [2.75, 3.05) is 5.32 Å². The summed E-state index contributed by atoms with van der Waals surface area (Å²) in [7, 11) is 0. The standard InChI is InChI=1S/C29H20N6O2/c30-13-12-18-4-6-19(7-5-18)20-8-10-23-24(15-20)26-27(21(9-11-25(31)36)16-34-29(26)37)35-28(23)33-17-22-3-1-2-14-32-22/h1-8,10,14-16H,12,17H2,(H2,31,36)(H,33,35)(H,34,37). The summed E-state index contributed by atoms with van der Waals surface area (Å²) in [5.74, 6) is 4.82. The molecule has 5 rings (SSSR count). The second-order valence-corrected chi connectivity index (χ2v) is 8.30. The average Bonchev–Trinajstić information content (AvgIpc) is 2.92. The van der Waals surface area contributed by atoms with Crippen LogP contribution in [0.2, 0.25) is 0 Å². The predicted molar refractivity (Wildman–Crippen MR) is 142 cm³/mol. The first-order chi connectivity index (χ1) is 18.0. The summed E-state index contributed by atoms with van der Waals surface area (Å²) < 4.78 is 0. The number of pyridine rings is 3. The van der Waals surface area contributed by atoms with Crippen molar-refractivity contribution >= 4 is 33.4 Å². The number of nitrogens with one attached hydrogen (secondary N) is 2. The summed E-state index contributed by atoms with van der Waals surface area (Å²) in [6, 6.07) is 21.3. The molecule has 0 fully saturated rings. The number of carbonyl (C=O) groups excluding carboxylic acids is 1. The van der Waals surface area contributed by atoms with Gasteiger partial charge in [-0.15, -0.1) is 0 Å². The van der Waals surface area contributed by atoms with Crippen LogP contribution < -0.4 is 16.6 Å². The lowest BCUT2D eigenvalue weighted by Crippen LogP contribution is -2.11. The maximum Gasteiger partial charge on any atom is 0.293 e. The van der Waals surface area contributed by atoms with Gasteiger partial charge in [-0.05, 0) is 34.9 Å².